The van der Waals surface area contributed by atoms with Crippen LogP contribution in [0.25, 0.3) is 0 Å². The van der Waals surface area contributed by atoms with Crippen molar-refractivity contribution in [3.05, 3.63) is 71.8 Å². The molecule has 0 spiro atoms. The number of pyridine rings is 1. The molecule has 2 heterocycles. The monoisotopic (exact) mass is 403 g/mol. The zero-order valence-electron chi connectivity index (χ0n) is 15.2. The first-order chi connectivity index (χ1) is 13.9. The van der Waals surface area contributed by atoms with E-state index in [0.29, 0.717) is 17.0 Å². The summed E-state index contributed by atoms with van der Waals surface area (Å²) in [5.74, 6) is -0.712. The number of methoxy groups -OCH3 is 1. The summed E-state index contributed by atoms with van der Waals surface area (Å²) < 4.78 is 45.5. The second-order valence-corrected chi connectivity index (χ2v) is 5.85. The molecule has 3 aromatic rings. The predicted octanol–water partition coefficient (Wildman–Crippen LogP) is 3.57. The molecule has 0 fully saturated rings. The fourth-order valence-corrected chi connectivity index (χ4v) is 2.43. The number of anilines is 2. The average molecular weight is 403 g/mol. The van der Waals surface area contributed by atoms with Crippen LogP contribution in [-0.4, -0.2) is 28.0 Å². The normalized spacial score (nSPS) is 11.0. The molecule has 7 nitrogen and oxygen atoms in total. The molecule has 0 aliphatic carbocycles. The third kappa shape index (κ3) is 5.18. The number of carbonyl (C=O) groups excluding carboxylic acids is 1. The van der Waals surface area contributed by atoms with Gasteiger partial charge in [-0.15, -0.1) is 0 Å². The number of hydrogen-bond acceptors (Lipinski definition) is 6. The molecule has 150 valence electrons. The van der Waals surface area contributed by atoms with Gasteiger partial charge in [-0.2, -0.15) is 13.2 Å². The number of amides is 1. The number of nitrogens with one attached hydrogen (secondary N) is 2. The van der Waals surface area contributed by atoms with Crippen LogP contribution in [0, 0.1) is 0 Å². The molecule has 0 saturated carbocycles. The van der Waals surface area contributed by atoms with Crippen molar-refractivity contribution in [2.75, 3.05) is 12.4 Å². The van der Waals surface area contributed by atoms with E-state index in [-0.39, 0.29) is 12.5 Å². The van der Waals surface area contributed by atoms with Crippen LogP contribution in [-0.2, 0) is 12.7 Å². The maximum atomic E-state index is 13.5. The van der Waals surface area contributed by atoms with Crippen molar-refractivity contribution < 1.29 is 22.7 Å². The van der Waals surface area contributed by atoms with E-state index in [1.807, 2.05) is 0 Å². The maximum absolute atomic E-state index is 13.5. The number of aromatic nitrogens is 3. The molecule has 10 heteroatoms. The van der Waals surface area contributed by atoms with Gasteiger partial charge in [0.05, 0.1) is 12.7 Å². The van der Waals surface area contributed by atoms with Gasteiger partial charge in [-0.1, -0.05) is 6.07 Å². The first kappa shape index (κ1) is 20.1. The lowest BCUT2D eigenvalue weighted by molar-refractivity contribution is -0.141. The van der Waals surface area contributed by atoms with E-state index in [4.69, 9.17) is 4.74 Å². The summed E-state index contributed by atoms with van der Waals surface area (Å²) >= 11 is 0. The van der Waals surface area contributed by atoms with Gasteiger partial charge in [0, 0.05) is 36.9 Å². The summed E-state index contributed by atoms with van der Waals surface area (Å²) in [5, 5.41) is 5.10. The lowest BCUT2D eigenvalue weighted by Crippen LogP contribution is -2.27. The molecule has 0 saturated heterocycles. The SMILES string of the molecule is COc1cccc(Nc2ncc(C(=O)NCc3ccncc3)c(C(F)(F)F)n2)c1. The van der Waals surface area contributed by atoms with Gasteiger partial charge in [-0.3, -0.25) is 9.78 Å². The molecule has 0 atom stereocenters. The second-order valence-electron chi connectivity index (χ2n) is 5.85. The van der Waals surface area contributed by atoms with Gasteiger partial charge in [0.15, 0.2) is 5.69 Å². The zero-order chi connectivity index (χ0) is 20.9. The topological polar surface area (TPSA) is 89.0 Å². The summed E-state index contributed by atoms with van der Waals surface area (Å²) in [6.07, 6.45) is -0.952. The van der Waals surface area contributed by atoms with E-state index in [1.165, 1.54) is 19.5 Å². The van der Waals surface area contributed by atoms with Crippen molar-refractivity contribution in [2.45, 2.75) is 12.7 Å². The van der Waals surface area contributed by atoms with Crippen molar-refractivity contribution in [3.8, 4) is 5.75 Å². The van der Waals surface area contributed by atoms with E-state index in [9.17, 15) is 18.0 Å². The fraction of sp³-hybridized carbons (Fsp3) is 0.158. The molecule has 0 aliphatic rings. The highest BCUT2D eigenvalue weighted by molar-refractivity contribution is 5.95. The number of nitrogens with zero attached hydrogens (tertiary/aromatic N) is 3. The van der Waals surface area contributed by atoms with Crippen LogP contribution in [0.15, 0.2) is 55.0 Å². The van der Waals surface area contributed by atoms with Crippen LogP contribution < -0.4 is 15.4 Å². The Morgan fingerprint density at radius 1 is 1.17 bits per heavy atom. The number of benzene rings is 1. The molecule has 3 rings (SSSR count). The number of hydrogen-bond donors (Lipinski definition) is 2. The molecular formula is C19H16F3N5O2. The number of rotatable bonds is 6. The summed E-state index contributed by atoms with van der Waals surface area (Å²) in [4.78, 5) is 23.5. The van der Waals surface area contributed by atoms with Crippen molar-refractivity contribution >= 4 is 17.5 Å². The number of carbonyl (C=O) groups is 1. The van der Waals surface area contributed by atoms with Crippen LogP contribution in [0.5, 0.6) is 5.75 Å². The van der Waals surface area contributed by atoms with Gasteiger partial charge in [0.1, 0.15) is 5.75 Å². The Labute approximate surface area is 164 Å². The molecule has 29 heavy (non-hydrogen) atoms. The van der Waals surface area contributed by atoms with Crippen LogP contribution in [0.3, 0.4) is 0 Å². The highest BCUT2D eigenvalue weighted by Crippen LogP contribution is 2.31. The Morgan fingerprint density at radius 3 is 2.62 bits per heavy atom. The summed E-state index contributed by atoms with van der Waals surface area (Å²) in [6, 6.07) is 9.82. The van der Waals surface area contributed by atoms with Crippen molar-refractivity contribution in [1.82, 2.24) is 20.3 Å². The van der Waals surface area contributed by atoms with E-state index in [2.05, 4.69) is 25.6 Å². The predicted molar refractivity (Wildman–Crippen MR) is 98.7 cm³/mol. The Bertz CT molecular complexity index is 997. The number of alkyl halides is 3. The van der Waals surface area contributed by atoms with E-state index >= 15 is 0 Å². The fourth-order valence-electron chi connectivity index (χ4n) is 2.43. The van der Waals surface area contributed by atoms with E-state index < -0.39 is 23.3 Å². The quantitative estimate of drug-likeness (QED) is 0.654. The van der Waals surface area contributed by atoms with Crippen molar-refractivity contribution in [3.63, 3.8) is 0 Å². The van der Waals surface area contributed by atoms with Gasteiger partial charge in [-0.05, 0) is 29.8 Å². The first-order valence-corrected chi connectivity index (χ1v) is 8.39. The minimum atomic E-state index is -4.84. The Kier molecular flexibility index (Phi) is 5.91. The second kappa shape index (κ2) is 8.55. The maximum Gasteiger partial charge on any atom is 0.434 e. The molecule has 0 radical (unpaired) electrons. The van der Waals surface area contributed by atoms with Gasteiger partial charge in [0.25, 0.3) is 5.91 Å². The summed E-state index contributed by atoms with van der Waals surface area (Å²) in [5.41, 5.74) is -0.862. The van der Waals surface area contributed by atoms with Gasteiger partial charge in [0.2, 0.25) is 5.95 Å². The first-order valence-electron chi connectivity index (χ1n) is 8.39. The molecule has 0 bridgehead atoms. The molecule has 2 aromatic heterocycles. The van der Waals surface area contributed by atoms with Crippen molar-refractivity contribution in [2.24, 2.45) is 0 Å². The third-order valence-electron chi connectivity index (χ3n) is 3.83. The largest absolute Gasteiger partial charge is 0.497 e. The van der Waals surface area contributed by atoms with Crippen LogP contribution in [0.2, 0.25) is 0 Å². The lowest BCUT2D eigenvalue weighted by atomic mass is 10.2. The number of ether oxygens (including phenoxy) is 1. The summed E-state index contributed by atoms with van der Waals surface area (Å²) in [7, 11) is 1.47. The van der Waals surface area contributed by atoms with Gasteiger partial charge in [-0.25, -0.2) is 9.97 Å². The Balaban J connectivity index is 1.83. The minimum Gasteiger partial charge on any atom is -0.497 e. The molecule has 0 aliphatic heterocycles. The average Bonchev–Trinajstić information content (AvgIpc) is 2.72. The zero-order valence-corrected chi connectivity index (χ0v) is 15.2. The van der Waals surface area contributed by atoms with Gasteiger partial charge >= 0.3 is 6.18 Å². The highest BCUT2D eigenvalue weighted by Gasteiger charge is 2.38. The van der Waals surface area contributed by atoms with Crippen molar-refractivity contribution in [1.29, 1.82) is 0 Å². The molecule has 2 N–H and O–H groups in total. The molecular weight excluding hydrogens is 387 g/mol. The molecule has 0 unspecified atom stereocenters. The lowest BCUT2D eigenvalue weighted by Gasteiger charge is -2.14. The van der Waals surface area contributed by atoms with Crippen LogP contribution in [0.1, 0.15) is 21.6 Å². The molecule has 1 aromatic carbocycles. The van der Waals surface area contributed by atoms with E-state index in [1.54, 1.807) is 36.4 Å². The van der Waals surface area contributed by atoms with Crippen LogP contribution >= 0.6 is 0 Å². The molecule has 1 amide bonds. The standard InChI is InChI=1S/C19H16F3N5O2/c1-29-14-4-2-3-13(9-14)26-18-25-11-15(16(27-18)19(20,21)22)17(28)24-10-12-5-7-23-8-6-12/h2-9,11H,10H2,1H3,(H,24,28)(H,25,26,27). The minimum absolute atomic E-state index is 0.0441. The van der Waals surface area contributed by atoms with Gasteiger partial charge < -0.3 is 15.4 Å². The summed E-state index contributed by atoms with van der Waals surface area (Å²) in [6.45, 7) is 0.0441. The highest BCUT2D eigenvalue weighted by atomic mass is 19.4. The third-order valence-corrected chi connectivity index (χ3v) is 3.83. The Hall–Kier alpha value is -3.69. The number of halogens is 3. The van der Waals surface area contributed by atoms with Crippen LogP contribution in [0.4, 0.5) is 24.8 Å². The smallest absolute Gasteiger partial charge is 0.434 e. The van der Waals surface area contributed by atoms with E-state index in [0.717, 1.165) is 6.20 Å². The Morgan fingerprint density at radius 2 is 1.93 bits per heavy atom.